The average molecular weight is 442 g/mol. The van der Waals surface area contributed by atoms with Crippen molar-refractivity contribution in [1.82, 2.24) is 9.88 Å². The maximum absolute atomic E-state index is 11.9. The van der Waals surface area contributed by atoms with Gasteiger partial charge in [-0.2, -0.15) is 0 Å². The SMILES string of the molecule is CSc1ccc(-c2ccc(C(=O)O)c(N3CCC(N4CCC[C@H](CO)C4)CC3)n2)cc1. The minimum Gasteiger partial charge on any atom is -0.478 e. The number of aromatic nitrogens is 1. The number of rotatable bonds is 6. The lowest BCUT2D eigenvalue weighted by atomic mass is 9.94. The van der Waals surface area contributed by atoms with E-state index < -0.39 is 5.97 Å². The molecule has 4 rings (SSSR count). The third-order valence-corrected chi connectivity index (χ3v) is 7.32. The molecule has 3 heterocycles. The highest BCUT2D eigenvalue weighted by molar-refractivity contribution is 7.98. The van der Waals surface area contributed by atoms with Crippen molar-refractivity contribution < 1.29 is 15.0 Å². The number of pyridine rings is 1. The Morgan fingerprint density at radius 3 is 2.48 bits per heavy atom. The van der Waals surface area contributed by atoms with Crippen LogP contribution >= 0.6 is 11.8 Å². The van der Waals surface area contributed by atoms with E-state index in [-0.39, 0.29) is 12.2 Å². The molecule has 0 aliphatic carbocycles. The quantitative estimate of drug-likeness (QED) is 0.660. The predicted molar refractivity (Wildman–Crippen MR) is 125 cm³/mol. The van der Waals surface area contributed by atoms with Gasteiger partial charge in [0.05, 0.1) is 5.69 Å². The summed E-state index contributed by atoms with van der Waals surface area (Å²) in [5.41, 5.74) is 2.06. The fraction of sp³-hybridized carbons (Fsp3) is 0.500. The van der Waals surface area contributed by atoms with E-state index in [1.165, 1.54) is 4.90 Å². The number of benzene rings is 1. The molecule has 6 nitrogen and oxygen atoms in total. The molecule has 0 bridgehead atoms. The fourth-order valence-corrected chi connectivity index (χ4v) is 5.21. The van der Waals surface area contributed by atoms with E-state index in [9.17, 15) is 15.0 Å². The molecule has 1 aromatic heterocycles. The number of piperidine rings is 2. The number of hydrogen-bond donors (Lipinski definition) is 2. The lowest BCUT2D eigenvalue weighted by Gasteiger charge is -2.42. The van der Waals surface area contributed by atoms with Gasteiger partial charge in [0.1, 0.15) is 11.4 Å². The Morgan fingerprint density at radius 2 is 1.84 bits per heavy atom. The van der Waals surface area contributed by atoms with Crippen LogP contribution in [0.5, 0.6) is 0 Å². The summed E-state index contributed by atoms with van der Waals surface area (Å²) in [7, 11) is 0. The average Bonchev–Trinajstić information content (AvgIpc) is 2.84. The molecule has 2 aliphatic rings. The molecular formula is C24H31N3O3S. The van der Waals surface area contributed by atoms with E-state index in [1.54, 1.807) is 23.9 Å². The summed E-state index contributed by atoms with van der Waals surface area (Å²) in [5, 5.41) is 19.3. The number of aromatic carboxylic acids is 1. The van der Waals surface area contributed by atoms with E-state index in [0.717, 1.165) is 63.1 Å². The van der Waals surface area contributed by atoms with Crippen molar-refractivity contribution in [3.05, 3.63) is 42.0 Å². The van der Waals surface area contributed by atoms with Gasteiger partial charge in [0, 0.05) is 42.7 Å². The number of nitrogens with zero attached hydrogens (tertiary/aromatic N) is 3. The lowest BCUT2D eigenvalue weighted by Crippen LogP contribution is -2.49. The summed E-state index contributed by atoms with van der Waals surface area (Å²) in [6.07, 6.45) is 6.29. The number of carboxylic acids is 1. The number of hydrogen-bond acceptors (Lipinski definition) is 6. The first-order valence-corrected chi connectivity index (χ1v) is 12.3. The number of anilines is 1. The van der Waals surface area contributed by atoms with Crippen molar-refractivity contribution in [2.24, 2.45) is 5.92 Å². The van der Waals surface area contributed by atoms with E-state index in [2.05, 4.69) is 21.9 Å². The molecule has 7 heteroatoms. The van der Waals surface area contributed by atoms with E-state index in [4.69, 9.17) is 4.98 Å². The zero-order valence-corrected chi connectivity index (χ0v) is 18.9. The summed E-state index contributed by atoms with van der Waals surface area (Å²) in [5.74, 6) is 0.0289. The van der Waals surface area contributed by atoms with Crippen LogP contribution in [-0.4, -0.2) is 71.1 Å². The standard InChI is InChI=1S/C24H31N3O3S/c1-31-20-6-4-18(5-7-20)22-9-8-21(24(29)30)23(25-22)26-13-10-19(11-14-26)27-12-2-3-17(15-27)16-28/h4-9,17,19,28H,2-3,10-16H2,1H3,(H,29,30)/t17-/m0/s1. The van der Waals surface area contributed by atoms with Gasteiger partial charge in [0.25, 0.3) is 0 Å². The van der Waals surface area contributed by atoms with Crippen LogP contribution in [0.4, 0.5) is 5.82 Å². The molecule has 1 aromatic carbocycles. The van der Waals surface area contributed by atoms with Gasteiger partial charge in [-0.3, -0.25) is 4.90 Å². The van der Waals surface area contributed by atoms with Crippen LogP contribution in [0.1, 0.15) is 36.0 Å². The van der Waals surface area contributed by atoms with Crippen LogP contribution in [0.2, 0.25) is 0 Å². The lowest BCUT2D eigenvalue weighted by molar-refractivity contribution is 0.0696. The Balaban J connectivity index is 1.51. The Hall–Kier alpha value is -2.09. The summed E-state index contributed by atoms with van der Waals surface area (Å²) >= 11 is 1.69. The van der Waals surface area contributed by atoms with E-state index >= 15 is 0 Å². The van der Waals surface area contributed by atoms with Gasteiger partial charge < -0.3 is 15.1 Å². The normalized spacial score (nSPS) is 20.7. The highest BCUT2D eigenvalue weighted by atomic mass is 32.2. The number of likely N-dealkylation sites (tertiary alicyclic amines) is 1. The first-order valence-electron chi connectivity index (χ1n) is 11.1. The largest absolute Gasteiger partial charge is 0.478 e. The minimum absolute atomic E-state index is 0.265. The number of carboxylic acid groups (broad SMARTS) is 1. The minimum atomic E-state index is -0.935. The van der Waals surface area contributed by atoms with Gasteiger partial charge in [-0.15, -0.1) is 11.8 Å². The van der Waals surface area contributed by atoms with Crippen molar-refractivity contribution in [2.75, 3.05) is 43.9 Å². The topological polar surface area (TPSA) is 76.9 Å². The Bertz CT molecular complexity index is 897. The van der Waals surface area contributed by atoms with Crippen LogP contribution in [-0.2, 0) is 0 Å². The van der Waals surface area contributed by atoms with Crippen molar-refractivity contribution in [2.45, 2.75) is 36.6 Å². The van der Waals surface area contributed by atoms with Crippen LogP contribution in [0.15, 0.2) is 41.3 Å². The molecule has 0 unspecified atom stereocenters. The summed E-state index contributed by atoms with van der Waals surface area (Å²) in [6.45, 7) is 3.94. The molecule has 0 amide bonds. The molecule has 166 valence electrons. The maximum atomic E-state index is 11.9. The monoisotopic (exact) mass is 441 g/mol. The fourth-order valence-electron chi connectivity index (χ4n) is 4.80. The molecule has 0 saturated carbocycles. The van der Waals surface area contributed by atoms with Gasteiger partial charge in [0.15, 0.2) is 0 Å². The molecule has 2 N–H and O–H groups in total. The third kappa shape index (κ3) is 5.05. The number of carbonyl (C=O) groups is 1. The predicted octanol–water partition coefficient (Wildman–Crippen LogP) is 3.84. The molecule has 0 radical (unpaired) electrons. The van der Waals surface area contributed by atoms with Gasteiger partial charge >= 0.3 is 5.97 Å². The van der Waals surface area contributed by atoms with E-state index in [1.807, 2.05) is 18.4 Å². The highest BCUT2D eigenvalue weighted by Crippen LogP contribution is 2.30. The summed E-state index contributed by atoms with van der Waals surface area (Å²) < 4.78 is 0. The Morgan fingerprint density at radius 1 is 1.10 bits per heavy atom. The van der Waals surface area contributed by atoms with Crippen LogP contribution in [0, 0.1) is 5.92 Å². The number of aliphatic hydroxyl groups is 1. The molecule has 2 fully saturated rings. The zero-order valence-electron chi connectivity index (χ0n) is 18.0. The van der Waals surface area contributed by atoms with E-state index in [0.29, 0.717) is 17.8 Å². The van der Waals surface area contributed by atoms with Crippen molar-refractivity contribution in [3.8, 4) is 11.3 Å². The molecule has 2 saturated heterocycles. The second kappa shape index (κ2) is 10.0. The zero-order chi connectivity index (χ0) is 21.8. The van der Waals surface area contributed by atoms with Crippen LogP contribution in [0.25, 0.3) is 11.3 Å². The highest BCUT2D eigenvalue weighted by Gasteiger charge is 2.30. The van der Waals surface area contributed by atoms with Crippen LogP contribution in [0.3, 0.4) is 0 Å². The summed E-state index contributed by atoms with van der Waals surface area (Å²) in [4.78, 5) is 22.5. The first kappa shape index (κ1) is 22.1. The van der Waals surface area contributed by atoms with Gasteiger partial charge in [-0.25, -0.2) is 9.78 Å². The maximum Gasteiger partial charge on any atom is 0.339 e. The number of aliphatic hydroxyl groups excluding tert-OH is 1. The van der Waals surface area contributed by atoms with Crippen molar-refractivity contribution >= 4 is 23.5 Å². The first-order chi connectivity index (χ1) is 15.1. The van der Waals surface area contributed by atoms with Crippen molar-refractivity contribution in [1.29, 1.82) is 0 Å². The molecular weight excluding hydrogens is 410 g/mol. The molecule has 2 aromatic rings. The number of thioether (sulfide) groups is 1. The second-order valence-electron chi connectivity index (χ2n) is 8.51. The summed E-state index contributed by atoms with van der Waals surface area (Å²) in [6, 6.07) is 12.2. The smallest absolute Gasteiger partial charge is 0.339 e. The molecule has 1 atom stereocenters. The van der Waals surface area contributed by atoms with Crippen LogP contribution < -0.4 is 4.90 Å². The Labute approximate surface area is 188 Å². The van der Waals surface area contributed by atoms with Gasteiger partial charge in [-0.05, 0) is 68.7 Å². The molecule has 31 heavy (non-hydrogen) atoms. The Kier molecular flexibility index (Phi) is 7.15. The second-order valence-corrected chi connectivity index (χ2v) is 9.38. The van der Waals surface area contributed by atoms with Crippen molar-refractivity contribution in [3.63, 3.8) is 0 Å². The third-order valence-electron chi connectivity index (χ3n) is 6.58. The molecule has 2 aliphatic heterocycles. The van der Waals surface area contributed by atoms with Gasteiger partial charge in [-0.1, -0.05) is 12.1 Å². The van der Waals surface area contributed by atoms with Gasteiger partial charge in [0.2, 0.25) is 0 Å². The molecule has 0 spiro atoms.